The molecule has 0 bridgehead atoms. The molecule has 10 rings (SSSR count). The van der Waals surface area contributed by atoms with Crippen molar-refractivity contribution in [3.05, 3.63) is 106 Å². The molecule has 9 aliphatic carbocycles. The molecule has 0 radical (unpaired) electrons. The Kier molecular flexibility index (Phi) is 28.4. The quantitative estimate of drug-likeness (QED) is 0.0418. The summed E-state index contributed by atoms with van der Waals surface area (Å²) in [5, 5.41) is 112. The van der Waals surface area contributed by atoms with E-state index in [-0.39, 0.29) is 37.6 Å². The second-order valence-corrected chi connectivity index (χ2v) is 34.9. The third-order valence-corrected chi connectivity index (χ3v) is 25.8. The van der Waals surface area contributed by atoms with E-state index in [9.17, 15) is 56.2 Å². The molecule has 11 N–H and O–H groups in total. The maximum Gasteiger partial charge on any atom is 1.00 e. The van der Waals surface area contributed by atoms with E-state index in [1.165, 1.54) is 102 Å². The van der Waals surface area contributed by atoms with E-state index >= 15 is 0 Å². The molecule has 0 aromatic carbocycles. The number of aliphatic hydroxyl groups excluding tert-OH is 6. The molecule has 0 aromatic rings. The van der Waals surface area contributed by atoms with Gasteiger partial charge >= 0.3 is 18.9 Å². The van der Waals surface area contributed by atoms with Crippen molar-refractivity contribution in [2.24, 2.45) is 69.5 Å². The minimum absolute atomic E-state index is 0. The first kappa shape index (κ1) is 82.3. The Morgan fingerprint density at radius 1 is 0.432 bits per heavy atom. The van der Waals surface area contributed by atoms with Crippen LogP contribution in [0.4, 0.5) is 0 Å². The SMILES string of the molecule is C[C@H](/C=C/CC(C)(C)O)C1CCC2/C(=C/C=C3C[C@@H](O)C(C)(O)[C@H](O)C3)CCCC21C.C[C@H](/C=C/CC(C)(C)O)C1CCC2/C(=C/C=C3C[C@@H](O)C(C)(O)[C@H](O)C3)CCCC21C.C[C@H](/C=C/CC(C)(C)O)C1CCC2/C(=C/C=C3C[C@@H](O)C4(CO4)[C@H](O)C3)CCCC21C.[AlH3].[H-].[Li+]. The van der Waals surface area contributed by atoms with Crippen LogP contribution in [-0.4, -0.2) is 150 Å². The van der Waals surface area contributed by atoms with Gasteiger partial charge in [-0.15, -0.1) is 0 Å². The van der Waals surface area contributed by atoms with Crippen LogP contribution in [0.15, 0.2) is 106 Å². The molecule has 1 heterocycles. The van der Waals surface area contributed by atoms with E-state index < -0.39 is 70.2 Å². The van der Waals surface area contributed by atoms with Crippen molar-refractivity contribution in [2.45, 2.75) is 321 Å². The average Bonchev–Trinajstić information content (AvgIpc) is 1.60. The van der Waals surface area contributed by atoms with E-state index in [1.54, 1.807) is 5.57 Å². The summed E-state index contributed by atoms with van der Waals surface area (Å²) < 4.78 is 5.39. The predicted octanol–water partition coefficient (Wildman–Crippen LogP) is 9.98. The Labute approximate surface area is 598 Å². The predicted molar refractivity (Wildman–Crippen MR) is 385 cm³/mol. The Morgan fingerprint density at radius 2 is 0.674 bits per heavy atom. The van der Waals surface area contributed by atoms with Crippen molar-refractivity contribution in [3.8, 4) is 0 Å². The van der Waals surface area contributed by atoms with E-state index in [1.807, 2.05) is 41.5 Å². The van der Waals surface area contributed by atoms with Gasteiger partial charge in [0.05, 0.1) is 60.0 Å². The zero-order valence-corrected chi connectivity index (χ0v) is 61.1. The van der Waals surface area contributed by atoms with Crippen molar-refractivity contribution in [1.29, 1.82) is 0 Å². The molecule has 0 aromatic heterocycles. The van der Waals surface area contributed by atoms with Gasteiger partial charge in [-0.2, -0.15) is 0 Å². The third-order valence-electron chi connectivity index (χ3n) is 25.8. The van der Waals surface area contributed by atoms with Crippen LogP contribution in [0.3, 0.4) is 0 Å². The van der Waals surface area contributed by atoms with Crippen LogP contribution in [0.2, 0.25) is 0 Å². The van der Waals surface area contributed by atoms with Crippen molar-refractivity contribution in [2.75, 3.05) is 6.61 Å². The number of epoxide rings is 1. The number of aliphatic hydroxyl groups is 11. The zero-order valence-electron chi connectivity index (χ0n) is 62.1. The maximum atomic E-state index is 10.4. The van der Waals surface area contributed by atoms with Crippen LogP contribution >= 0.6 is 0 Å². The molecule has 0 amide bonds. The second kappa shape index (κ2) is 32.7. The third kappa shape index (κ3) is 19.7. The van der Waals surface area contributed by atoms with Gasteiger partial charge in [-0.1, -0.05) is 148 Å². The summed E-state index contributed by atoms with van der Waals surface area (Å²) in [5.74, 6) is 5.32. The Balaban J connectivity index is 0.000000256. The first-order valence-electron chi connectivity index (χ1n) is 36.7. The summed E-state index contributed by atoms with van der Waals surface area (Å²) in [6, 6.07) is 0. The molecule has 14 heteroatoms. The summed E-state index contributed by atoms with van der Waals surface area (Å²) in [6.07, 6.45) is 45.0. The molecule has 534 valence electrons. The minimum Gasteiger partial charge on any atom is -1.00 e. The first-order chi connectivity index (χ1) is 43.2. The van der Waals surface area contributed by atoms with E-state index in [4.69, 9.17) is 4.74 Å². The van der Waals surface area contributed by atoms with Crippen LogP contribution in [0.25, 0.3) is 0 Å². The number of hydrogen-bond acceptors (Lipinski definition) is 12. The van der Waals surface area contributed by atoms with E-state index in [0.29, 0.717) is 134 Å². The van der Waals surface area contributed by atoms with Gasteiger partial charge in [-0.3, -0.25) is 0 Å². The van der Waals surface area contributed by atoms with Crippen LogP contribution in [-0.2, 0) is 4.74 Å². The first-order valence-corrected chi connectivity index (χ1v) is 36.7. The molecule has 10 aliphatic rings. The topological polar surface area (TPSA) is 235 Å². The summed E-state index contributed by atoms with van der Waals surface area (Å²) in [5.41, 5.74) is 3.21. The molecule has 10 fully saturated rings. The van der Waals surface area contributed by atoms with Crippen molar-refractivity contribution >= 4 is 17.4 Å². The summed E-state index contributed by atoms with van der Waals surface area (Å²) >= 11 is 0. The number of ether oxygens (including phenoxy) is 1. The van der Waals surface area contributed by atoms with Crippen LogP contribution in [0.1, 0.15) is 252 Å². The Morgan fingerprint density at radius 3 is 0.905 bits per heavy atom. The summed E-state index contributed by atoms with van der Waals surface area (Å²) in [4.78, 5) is 0. The van der Waals surface area contributed by atoms with E-state index in [0.717, 1.165) is 36.0 Å². The number of rotatable bonds is 15. The summed E-state index contributed by atoms with van der Waals surface area (Å²) in [6.45, 7) is 29.1. The normalized spacial score (nSPS) is 41.1. The van der Waals surface area contributed by atoms with Crippen LogP contribution < -0.4 is 18.9 Å². The van der Waals surface area contributed by atoms with Gasteiger partial charge in [0.2, 0.25) is 0 Å². The molecule has 95 heavy (non-hydrogen) atoms. The molecule has 12 nitrogen and oxygen atoms in total. The van der Waals surface area contributed by atoms with Crippen LogP contribution in [0, 0.1) is 69.5 Å². The number of allylic oxidation sites excluding steroid dienone is 12. The van der Waals surface area contributed by atoms with Crippen molar-refractivity contribution in [3.63, 3.8) is 0 Å². The van der Waals surface area contributed by atoms with Crippen molar-refractivity contribution < 1.29 is 81.2 Å². The molecule has 1 saturated heterocycles. The fourth-order valence-corrected chi connectivity index (χ4v) is 19.7. The largest absolute Gasteiger partial charge is 1.00 e. The molecule has 9 unspecified atom stereocenters. The Bertz CT molecular complexity index is 2500. The molecule has 18 atom stereocenters. The molecule has 1 spiro atoms. The molecular formula is C81H134AlLiO12. The summed E-state index contributed by atoms with van der Waals surface area (Å²) in [7, 11) is 0. The zero-order chi connectivity index (χ0) is 68.5. The van der Waals surface area contributed by atoms with Gasteiger partial charge in [0.1, 0.15) is 16.8 Å². The van der Waals surface area contributed by atoms with Crippen LogP contribution in [0.5, 0.6) is 0 Å². The van der Waals surface area contributed by atoms with Gasteiger partial charge < -0.3 is 62.3 Å². The van der Waals surface area contributed by atoms with E-state index in [2.05, 4.69) is 114 Å². The average molecular weight is 1330 g/mol. The van der Waals surface area contributed by atoms with Gasteiger partial charge in [0.25, 0.3) is 0 Å². The molecule has 1 aliphatic heterocycles. The smallest absolute Gasteiger partial charge is 1.00 e. The van der Waals surface area contributed by atoms with Crippen molar-refractivity contribution in [1.82, 2.24) is 0 Å². The fraction of sp³-hybridized carbons (Fsp3) is 0.778. The van der Waals surface area contributed by atoms with Gasteiger partial charge in [-0.05, 0) is 279 Å². The monoisotopic (exact) mass is 1330 g/mol. The maximum absolute atomic E-state index is 10.4. The van der Waals surface area contributed by atoms with Gasteiger partial charge in [0, 0.05) is 0 Å². The molecule has 9 saturated carbocycles. The number of hydrogen-bond donors (Lipinski definition) is 11. The van der Waals surface area contributed by atoms with Gasteiger partial charge in [-0.25, -0.2) is 0 Å². The Hall–Kier alpha value is -1.69. The standard InChI is InChI=1S/C27H42O4.2C27H44O4.Al.Li.4H/c1-18(7-5-13-25(2,3)30)21-11-12-22-20(8-6-14-26(21,22)4)10-9-19-15-23(28)27(17-31-27)24(29)16-19;2*1-18(8-6-14-25(2,3)30)21-12-13-22-20(9-7-15-26(21,22)4)11-10-19-16-23(28)27(5,31)24(29)17-19;;;;;;/h5,7,9-10,18,21-24,28-30H,6,8,11-17H2,1-4H3;2*6,8,10-11,18,21-24,28-31H,7,9,12-17H2,1-5H3;;;;;;/q;;;;+1;;;;-1/b7-5+,19-9?,20-10+;2*8-6+,19-10?,20-11+;;;;;;/t3*18-,21?,22?,23-,24-,26?,27?;;;;;;/m111....../s1. The number of fused-ring (bicyclic) bond motifs is 3. The minimum atomic E-state index is -1.43. The van der Waals surface area contributed by atoms with Gasteiger partial charge in [0.15, 0.2) is 17.4 Å². The fourth-order valence-electron chi connectivity index (χ4n) is 19.7. The second-order valence-electron chi connectivity index (χ2n) is 34.9. The molecular weight excluding hydrogens is 1200 g/mol.